The molecule has 0 saturated heterocycles. The summed E-state index contributed by atoms with van der Waals surface area (Å²) < 4.78 is 12.5. The van der Waals surface area contributed by atoms with E-state index in [9.17, 15) is 4.79 Å². The van der Waals surface area contributed by atoms with Gasteiger partial charge in [-0.15, -0.1) is 0 Å². The van der Waals surface area contributed by atoms with Crippen molar-refractivity contribution in [1.29, 1.82) is 0 Å². The molecule has 0 aliphatic carbocycles. The minimum Gasteiger partial charge on any atom is -0.481 e. The third-order valence-electron chi connectivity index (χ3n) is 2.81. The molecule has 0 fully saturated rings. The highest BCUT2D eigenvalue weighted by Crippen LogP contribution is 2.28. The van der Waals surface area contributed by atoms with Gasteiger partial charge in [0.15, 0.2) is 6.61 Å². The number of rotatable bonds is 4. The van der Waals surface area contributed by atoms with Crippen LogP contribution in [0.3, 0.4) is 0 Å². The zero-order valence-corrected chi connectivity index (χ0v) is 14.8. The van der Waals surface area contributed by atoms with E-state index in [2.05, 4.69) is 31.9 Å². The first-order chi connectivity index (χ1) is 9.95. The quantitative estimate of drug-likeness (QED) is 0.532. The summed E-state index contributed by atoms with van der Waals surface area (Å²) in [5.74, 6) is 0.730. The van der Waals surface area contributed by atoms with E-state index >= 15 is 0 Å². The van der Waals surface area contributed by atoms with Crippen LogP contribution in [0.2, 0.25) is 0 Å². The lowest BCUT2D eigenvalue weighted by atomic mass is 10.1. The molecule has 3 nitrogen and oxygen atoms in total. The summed E-state index contributed by atoms with van der Waals surface area (Å²) in [6.45, 7) is 3.70. The van der Waals surface area contributed by atoms with Crippen molar-refractivity contribution in [2.24, 2.45) is 0 Å². The van der Waals surface area contributed by atoms with Crippen molar-refractivity contribution < 1.29 is 14.3 Å². The van der Waals surface area contributed by atoms with Crippen molar-refractivity contribution in [1.82, 2.24) is 0 Å². The summed E-state index contributed by atoms with van der Waals surface area (Å²) in [5, 5.41) is 0. The van der Waals surface area contributed by atoms with E-state index in [1.54, 1.807) is 6.07 Å². The average Bonchev–Trinajstić information content (AvgIpc) is 2.42. The molecule has 5 heteroatoms. The lowest BCUT2D eigenvalue weighted by Crippen LogP contribution is -2.18. The summed E-state index contributed by atoms with van der Waals surface area (Å²) in [4.78, 5) is 11.9. The molecule has 0 heterocycles. The fraction of sp³-hybridized carbons (Fsp3) is 0.188. The first kappa shape index (κ1) is 16.0. The fourth-order valence-electron chi connectivity index (χ4n) is 1.70. The normalized spacial score (nSPS) is 10.3. The minimum absolute atomic E-state index is 0.145. The van der Waals surface area contributed by atoms with Gasteiger partial charge < -0.3 is 9.47 Å². The van der Waals surface area contributed by atoms with Crippen LogP contribution in [-0.4, -0.2) is 12.6 Å². The Hall–Kier alpha value is -1.33. The molecule has 0 N–H and O–H groups in total. The summed E-state index contributed by atoms with van der Waals surface area (Å²) in [6.07, 6.45) is 0. The first-order valence-electron chi connectivity index (χ1n) is 6.31. The van der Waals surface area contributed by atoms with Gasteiger partial charge in [-0.2, -0.15) is 0 Å². The summed E-state index contributed by atoms with van der Waals surface area (Å²) in [5.41, 5.74) is 1.96. The van der Waals surface area contributed by atoms with Crippen LogP contribution in [0.5, 0.6) is 11.5 Å². The highest BCUT2D eigenvalue weighted by atomic mass is 79.9. The Labute approximate surface area is 140 Å². The van der Waals surface area contributed by atoms with Crippen molar-refractivity contribution in [2.45, 2.75) is 13.8 Å². The maximum atomic E-state index is 11.9. The smallest absolute Gasteiger partial charge is 0.349 e. The monoisotopic (exact) mass is 412 g/mol. The molecule has 2 aromatic rings. The SMILES string of the molecule is Cc1ccc(C)c(OC(=O)COc2ccc(Br)cc2Br)c1. The van der Waals surface area contributed by atoms with Gasteiger partial charge in [-0.05, 0) is 65.2 Å². The Bertz CT molecular complexity index is 669. The summed E-state index contributed by atoms with van der Waals surface area (Å²) >= 11 is 6.74. The Morgan fingerprint density at radius 3 is 2.52 bits per heavy atom. The van der Waals surface area contributed by atoms with Crippen LogP contribution in [0.25, 0.3) is 0 Å². The number of hydrogen-bond acceptors (Lipinski definition) is 3. The van der Waals surface area contributed by atoms with E-state index in [1.807, 2.05) is 44.2 Å². The van der Waals surface area contributed by atoms with E-state index in [-0.39, 0.29) is 6.61 Å². The number of carbonyl (C=O) groups is 1. The van der Waals surface area contributed by atoms with Gasteiger partial charge in [-0.3, -0.25) is 0 Å². The van der Waals surface area contributed by atoms with Gasteiger partial charge in [0.25, 0.3) is 0 Å². The second-order valence-corrected chi connectivity index (χ2v) is 6.38. The van der Waals surface area contributed by atoms with Gasteiger partial charge in [0.2, 0.25) is 0 Å². The fourth-order valence-corrected chi connectivity index (χ4v) is 2.86. The van der Waals surface area contributed by atoms with Gasteiger partial charge in [-0.1, -0.05) is 28.1 Å². The van der Waals surface area contributed by atoms with E-state index in [0.717, 1.165) is 20.1 Å². The number of ether oxygens (including phenoxy) is 2. The van der Waals surface area contributed by atoms with Gasteiger partial charge in [0.1, 0.15) is 11.5 Å². The van der Waals surface area contributed by atoms with E-state index in [0.29, 0.717) is 11.5 Å². The third-order valence-corrected chi connectivity index (χ3v) is 3.92. The molecule has 0 radical (unpaired) electrons. The predicted molar refractivity (Wildman–Crippen MR) is 88.9 cm³/mol. The van der Waals surface area contributed by atoms with Crippen LogP contribution in [0, 0.1) is 13.8 Å². The zero-order valence-electron chi connectivity index (χ0n) is 11.7. The maximum absolute atomic E-state index is 11.9. The van der Waals surface area contributed by atoms with E-state index < -0.39 is 5.97 Å². The number of carbonyl (C=O) groups excluding carboxylic acids is 1. The lowest BCUT2D eigenvalue weighted by molar-refractivity contribution is -0.136. The number of benzene rings is 2. The standard InChI is InChI=1S/C16H14Br2O3/c1-10-3-4-11(2)15(7-10)21-16(19)9-20-14-6-5-12(17)8-13(14)18/h3-8H,9H2,1-2H3. The van der Waals surface area contributed by atoms with Crippen LogP contribution < -0.4 is 9.47 Å². The van der Waals surface area contributed by atoms with Gasteiger partial charge in [-0.25, -0.2) is 4.79 Å². The van der Waals surface area contributed by atoms with Crippen LogP contribution in [0.4, 0.5) is 0 Å². The molecule has 0 spiro atoms. The van der Waals surface area contributed by atoms with Crippen LogP contribution in [0.15, 0.2) is 45.3 Å². The molecule has 2 aromatic carbocycles. The van der Waals surface area contributed by atoms with Crippen molar-refractivity contribution in [3.8, 4) is 11.5 Å². The van der Waals surface area contributed by atoms with E-state index in [1.165, 1.54) is 0 Å². The van der Waals surface area contributed by atoms with Crippen molar-refractivity contribution >= 4 is 37.8 Å². The predicted octanol–water partition coefficient (Wildman–Crippen LogP) is 4.81. The first-order valence-corrected chi connectivity index (χ1v) is 7.90. The molecule has 0 atom stereocenters. The van der Waals surface area contributed by atoms with Crippen LogP contribution in [0.1, 0.15) is 11.1 Å². The largest absolute Gasteiger partial charge is 0.481 e. The Balaban J connectivity index is 1.97. The average molecular weight is 414 g/mol. The van der Waals surface area contributed by atoms with Crippen LogP contribution >= 0.6 is 31.9 Å². The van der Waals surface area contributed by atoms with Crippen molar-refractivity contribution in [3.05, 3.63) is 56.5 Å². The molecule has 0 aliphatic rings. The van der Waals surface area contributed by atoms with E-state index in [4.69, 9.17) is 9.47 Å². The second-order valence-electron chi connectivity index (χ2n) is 4.61. The van der Waals surface area contributed by atoms with Gasteiger partial charge >= 0.3 is 5.97 Å². The van der Waals surface area contributed by atoms with Crippen molar-refractivity contribution in [3.63, 3.8) is 0 Å². The van der Waals surface area contributed by atoms with Crippen LogP contribution in [-0.2, 0) is 4.79 Å². The Morgan fingerprint density at radius 2 is 1.81 bits per heavy atom. The highest BCUT2D eigenvalue weighted by Gasteiger charge is 2.10. The molecular weight excluding hydrogens is 400 g/mol. The maximum Gasteiger partial charge on any atom is 0.349 e. The molecule has 0 unspecified atom stereocenters. The molecule has 0 saturated carbocycles. The van der Waals surface area contributed by atoms with Crippen molar-refractivity contribution in [2.75, 3.05) is 6.61 Å². The van der Waals surface area contributed by atoms with Gasteiger partial charge in [0.05, 0.1) is 4.47 Å². The number of halogens is 2. The minimum atomic E-state index is -0.432. The molecule has 2 rings (SSSR count). The zero-order chi connectivity index (χ0) is 15.4. The summed E-state index contributed by atoms with van der Waals surface area (Å²) in [7, 11) is 0. The Kier molecular flexibility index (Phi) is 5.42. The number of hydrogen-bond donors (Lipinski definition) is 0. The third kappa shape index (κ3) is 4.58. The summed E-state index contributed by atoms with van der Waals surface area (Å²) in [6, 6.07) is 11.2. The number of esters is 1. The molecule has 110 valence electrons. The molecular formula is C16H14Br2O3. The molecule has 0 aliphatic heterocycles. The molecule has 21 heavy (non-hydrogen) atoms. The Morgan fingerprint density at radius 1 is 1.05 bits per heavy atom. The second kappa shape index (κ2) is 7.09. The lowest BCUT2D eigenvalue weighted by Gasteiger charge is -2.10. The number of aryl methyl sites for hydroxylation is 2. The molecule has 0 bridgehead atoms. The topological polar surface area (TPSA) is 35.5 Å². The highest BCUT2D eigenvalue weighted by molar-refractivity contribution is 9.11. The molecule has 0 amide bonds. The molecule has 0 aromatic heterocycles. The van der Waals surface area contributed by atoms with Gasteiger partial charge in [0, 0.05) is 4.47 Å².